The van der Waals surface area contributed by atoms with Crippen LogP contribution in [0.15, 0.2) is 35.5 Å². The third-order valence-electron chi connectivity index (χ3n) is 1.24. The zero-order chi connectivity index (χ0) is 17.6. The first-order valence-electron chi connectivity index (χ1n) is 6.02. The molecule has 130 valence electrons. The molecular formula is C15H24NiO6. The molecule has 0 rings (SSSR count). The van der Waals surface area contributed by atoms with Gasteiger partial charge in [0, 0.05) is 34.7 Å². The number of ketones is 3. The number of hydrogen-bond donors (Lipinski definition) is 3. The Balaban J connectivity index is -0.000000108. The Hall–Kier alpha value is -1.88. The molecule has 0 atom stereocenters. The molecule has 0 unspecified atom stereocenters. The van der Waals surface area contributed by atoms with Crippen molar-refractivity contribution >= 4 is 17.3 Å². The topological polar surface area (TPSA) is 112 Å². The van der Waals surface area contributed by atoms with E-state index in [1.165, 1.54) is 59.8 Å². The first-order valence-corrected chi connectivity index (χ1v) is 6.02. The van der Waals surface area contributed by atoms with Crippen molar-refractivity contribution in [2.24, 2.45) is 0 Å². The average Bonchev–Trinajstić information content (AvgIpc) is 2.10. The van der Waals surface area contributed by atoms with Gasteiger partial charge in [0.05, 0.1) is 17.3 Å². The monoisotopic (exact) mass is 358 g/mol. The Labute approximate surface area is 141 Å². The molecule has 0 aromatic carbocycles. The van der Waals surface area contributed by atoms with Crippen molar-refractivity contribution in [3.8, 4) is 0 Å². The summed E-state index contributed by atoms with van der Waals surface area (Å²) in [6.07, 6.45) is 3.50. The number of allylic oxidation sites excluding steroid dienone is 6. The first-order chi connectivity index (χ1) is 9.38. The second-order valence-electron chi connectivity index (χ2n) is 4.19. The third-order valence-corrected chi connectivity index (χ3v) is 1.24. The second-order valence-corrected chi connectivity index (χ2v) is 4.19. The summed E-state index contributed by atoms with van der Waals surface area (Å²) < 4.78 is 0. The summed E-state index contributed by atoms with van der Waals surface area (Å²) in [5.41, 5.74) is 0. The van der Waals surface area contributed by atoms with Crippen LogP contribution in [-0.2, 0) is 30.9 Å². The van der Waals surface area contributed by atoms with E-state index in [9.17, 15) is 14.4 Å². The molecule has 0 saturated heterocycles. The van der Waals surface area contributed by atoms with Gasteiger partial charge in [0.25, 0.3) is 0 Å². The molecule has 7 heteroatoms. The molecule has 0 bridgehead atoms. The summed E-state index contributed by atoms with van der Waals surface area (Å²) in [5.74, 6) is -0.187. The van der Waals surface area contributed by atoms with Crippen molar-refractivity contribution in [1.29, 1.82) is 0 Å². The van der Waals surface area contributed by atoms with Gasteiger partial charge in [-0.25, -0.2) is 0 Å². The summed E-state index contributed by atoms with van der Waals surface area (Å²) in [5, 5.41) is 25.1. The van der Waals surface area contributed by atoms with Crippen molar-refractivity contribution < 1.29 is 46.2 Å². The molecule has 0 aliphatic rings. The Morgan fingerprint density at radius 3 is 0.682 bits per heavy atom. The van der Waals surface area contributed by atoms with E-state index in [1.54, 1.807) is 0 Å². The van der Waals surface area contributed by atoms with Crippen molar-refractivity contribution in [2.75, 3.05) is 0 Å². The van der Waals surface area contributed by atoms with Gasteiger partial charge in [-0.05, 0) is 41.5 Å². The number of hydrogen-bond acceptors (Lipinski definition) is 6. The van der Waals surface area contributed by atoms with Crippen LogP contribution >= 0.6 is 0 Å². The average molecular weight is 359 g/mol. The Morgan fingerprint density at radius 2 is 0.682 bits per heavy atom. The molecule has 22 heavy (non-hydrogen) atoms. The molecule has 0 spiro atoms. The van der Waals surface area contributed by atoms with E-state index in [1.807, 2.05) is 0 Å². The second kappa shape index (κ2) is 17.2. The van der Waals surface area contributed by atoms with E-state index in [-0.39, 0.29) is 51.1 Å². The summed E-state index contributed by atoms with van der Waals surface area (Å²) in [6, 6.07) is 0. The Kier molecular flexibility index (Phi) is 22.1. The van der Waals surface area contributed by atoms with Crippen LogP contribution in [0.2, 0.25) is 0 Å². The first kappa shape index (κ1) is 28.3. The molecule has 0 saturated carbocycles. The number of carbonyl (C=O) groups excluding carboxylic acids is 3. The van der Waals surface area contributed by atoms with Crippen LogP contribution in [-0.4, -0.2) is 32.7 Å². The summed E-state index contributed by atoms with van der Waals surface area (Å²) >= 11 is 0. The van der Waals surface area contributed by atoms with Crippen LogP contribution in [0, 0.1) is 0 Å². The van der Waals surface area contributed by atoms with E-state index >= 15 is 0 Å². The van der Waals surface area contributed by atoms with Gasteiger partial charge in [0.15, 0.2) is 17.3 Å². The minimum Gasteiger partial charge on any atom is -0.512 e. The molecule has 0 aromatic rings. The van der Waals surface area contributed by atoms with Gasteiger partial charge in [0.2, 0.25) is 0 Å². The van der Waals surface area contributed by atoms with Crippen molar-refractivity contribution in [3.63, 3.8) is 0 Å². The quantitative estimate of drug-likeness (QED) is 0.406. The van der Waals surface area contributed by atoms with Crippen molar-refractivity contribution in [2.45, 2.75) is 41.5 Å². The smallest absolute Gasteiger partial charge is 0.155 e. The molecule has 0 aliphatic heterocycles. The molecule has 0 radical (unpaired) electrons. The maximum Gasteiger partial charge on any atom is 0.155 e. The molecule has 0 aliphatic carbocycles. The standard InChI is InChI=1S/3C5H8O2.Ni/c3*1-4(6)3-5(2)7;/h3*3,6H,1-2H3;/b2*4-3+;4-3-;. The largest absolute Gasteiger partial charge is 0.512 e. The molecule has 0 heterocycles. The van der Waals surface area contributed by atoms with Gasteiger partial charge < -0.3 is 15.3 Å². The normalized spacial score (nSPS) is 10.9. The van der Waals surface area contributed by atoms with Gasteiger partial charge in [-0.3, -0.25) is 14.4 Å². The van der Waals surface area contributed by atoms with Crippen LogP contribution in [0.25, 0.3) is 0 Å². The van der Waals surface area contributed by atoms with Gasteiger partial charge >= 0.3 is 0 Å². The summed E-state index contributed by atoms with van der Waals surface area (Å²) in [7, 11) is 0. The molecule has 3 N–H and O–H groups in total. The Bertz CT molecular complexity index is 368. The minimum atomic E-state index is -0.125. The van der Waals surface area contributed by atoms with Gasteiger partial charge in [-0.15, -0.1) is 0 Å². The van der Waals surface area contributed by atoms with E-state index in [2.05, 4.69) is 0 Å². The zero-order valence-corrected chi connectivity index (χ0v) is 14.6. The number of aliphatic hydroxyl groups is 3. The number of carbonyl (C=O) groups is 3. The third kappa shape index (κ3) is 51.9. The maximum atomic E-state index is 10.0. The van der Waals surface area contributed by atoms with Crippen LogP contribution in [0.4, 0.5) is 0 Å². The van der Waals surface area contributed by atoms with Crippen molar-refractivity contribution in [1.82, 2.24) is 0 Å². The van der Waals surface area contributed by atoms with Gasteiger partial charge in [-0.2, -0.15) is 0 Å². The molecule has 0 amide bonds. The predicted molar refractivity (Wildman–Crippen MR) is 81.2 cm³/mol. The fraction of sp³-hybridized carbons (Fsp3) is 0.400. The molecular weight excluding hydrogens is 335 g/mol. The van der Waals surface area contributed by atoms with Gasteiger partial charge in [-0.1, -0.05) is 0 Å². The molecule has 0 aromatic heterocycles. The molecule has 0 fully saturated rings. The van der Waals surface area contributed by atoms with Crippen LogP contribution in [0.5, 0.6) is 0 Å². The Morgan fingerprint density at radius 1 is 0.545 bits per heavy atom. The SMILES string of the molecule is CC(=O)/C=C(/C)O.CC(=O)/C=C(\C)O.CC(=O)/C=C(\C)O.[Ni]. The van der Waals surface area contributed by atoms with Crippen molar-refractivity contribution in [3.05, 3.63) is 35.5 Å². The van der Waals surface area contributed by atoms with E-state index in [0.29, 0.717) is 0 Å². The maximum absolute atomic E-state index is 10.0. The van der Waals surface area contributed by atoms with Crippen LogP contribution < -0.4 is 0 Å². The van der Waals surface area contributed by atoms with E-state index in [0.717, 1.165) is 0 Å². The van der Waals surface area contributed by atoms with Crippen LogP contribution in [0.3, 0.4) is 0 Å². The molecule has 6 nitrogen and oxygen atoms in total. The number of aliphatic hydroxyl groups excluding tert-OH is 3. The zero-order valence-electron chi connectivity index (χ0n) is 13.6. The fourth-order valence-corrected chi connectivity index (χ4v) is 0.882. The van der Waals surface area contributed by atoms with Gasteiger partial charge in [0.1, 0.15) is 0 Å². The minimum absolute atomic E-state index is 0. The predicted octanol–water partition coefficient (Wildman–Crippen LogP) is 3.11. The number of rotatable bonds is 3. The summed E-state index contributed by atoms with van der Waals surface area (Å²) in [4.78, 5) is 30.1. The fourth-order valence-electron chi connectivity index (χ4n) is 0.882. The van der Waals surface area contributed by atoms with E-state index < -0.39 is 0 Å². The van der Waals surface area contributed by atoms with Crippen LogP contribution in [0.1, 0.15) is 41.5 Å². The van der Waals surface area contributed by atoms with E-state index in [4.69, 9.17) is 15.3 Å². The summed E-state index contributed by atoms with van der Waals surface area (Å²) in [6.45, 7) is 8.54.